The Balaban J connectivity index is 1.89. The summed E-state index contributed by atoms with van der Waals surface area (Å²) in [5, 5.41) is 3.84. The normalized spacial score (nSPS) is 24.7. The summed E-state index contributed by atoms with van der Waals surface area (Å²) in [5.74, 6) is 0. The molecular weight excluding hydrogens is 188 g/mol. The molecule has 2 aliphatic rings. The first-order chi connectivity index (χ1) is 7.40. The van der Waals surface area contributed by atoms with Gasteiger partial charge >= 0.3 is 0 Å². The van der Waals surface area contributed by atoms with Crippen LogP contribution < -0.4 is 0 Å². The number of hydrogen-bond donors (Lipinski definition) is 0. The van der Waals surface area contributed by atoms with E-state index in [1.165, 1.54) is 37.8 Å². The maximum Gasteiger partial charge on any atom is 0.106 e. The van der Waals surface area contributed by atoms with Crippen LogP contribution in [-0.2, 0) is 4.84 Å². The third kappa shape index (κ3) is 2.81. The van der Waals surface area contributed by atoms with E-state index in [9.17, 15) is 0 Å². The van der Waals surface area contributed by atoms with Crippen molar-refractivity contribution < 1.29 is 4.84 Å². The van der Waals surface area contributed by atoms with Gasteiger partial charge in [0.1, 0.15) is 7.11 Å². The smallest absolute Gasteiger partial charge is 0.106 e. The molecule has 0 aromatic heterocycles. The zero-order chi connectivity index (χ0) is 10.5. The number of nitrogens with zero attached hydrogens (tertiary/aromatic N) is 2. The van der Waals surface area contributed by atoms with Crippen LogP contribution in [0.25, 0.3) is 0 Å². The predicted molar refractivity (Wildman–Crippen MR) is 62.0 cm³/mol. The highest BCUT2D eigenvalue weighted by Gasteiger charge is 2.23. The molecule has 0 spiro atoms. The molecule has 1 aliphatic heterocycles. The largest absolute Gasteiger partial charge is 0.399 e. The third-order valence-electron chi connectivity index (χ3n) is 3.37. The second kappa shape index (κ2) is 5.31. The molecule has 0 radical (unpaired) electrons. The minimum atomic E-state index is 0.824. The molecule has 3 nitrogen and oxygen atoms in total. The van der Waals surface area contributed by atoms with Gasteiger partial charge < -0.3 is 4.84 Å². The van der Waals surface area contributed by atoms with Crippen LogP contribution in [0, 0.1) is 0 Å². The zero-order valence-corrected chi connectivity index (χ0v) is 9.48. The van der Waals surface area contributed by atoms with E-state index in [2.05, 4.69) is 16.1 Å². The predicted octanol–water partition coefficient (Wildman–Crippen LogP) is 2.19. The summed E-state index contributed by atoms with van der Waals surface area (Å²) in [6, 6.07) is 0.824. The van der Waals surface area contributed by atoms with Gasteiger partial charge in [-0.15, -0.1) is 0 Å². The van der Waals surface area contributed by atoms with Gasteiger partial charge in [0.2, 0.25) is 0 Å². The second-order valence-electron chi connectivity index (χ2n) is 4.39. The lowest BCUT2D eigenvalue weighted by Crippen LogP contribution is -2.37. The summed E-state index contributed by atoms with van der Waals surface area (Å²) >= 11 is 0. The van der Waals surface area contributed by atoms with Gasteiger partial charge in [0, 0.05) is 19.1 Å². The molecule has 0 aromatic carbocycles. The Morgan fingerprint density at radius 2 is 2.27 bits per heavy atom. The molecule has 0 saturated heterocycles. The zero-order valence-electron chi connectivity index (χ0n) is 9.48. The second-order valence-corrected chi connectivity index (χ2v) is 4.39. The Bertz CT molecular complexity index is 254. The molecular formula is C12H20N2O. The number of rotatable bonds is 3. The van der Waals surface area contributed by atoms with Gasteiger partial charge in [0.25, 0.3) is 0 Å². The van der Waals surface area contributed by atoms with Gasteiger partial charge in [-0.25, -0.2) is 0 Å². The van der Waals surface area contributed by atoms with Crippen molar-refractivity contribution in [3.8, 4) is 0 Å². The van der Waals surface area contributed by atoms with Crippen molar-refractivity contribution in [3.05, 3.63) is 11.6 Å². The summed E-state index contributed by atoms with van der Waals surface area (Å²) < 4.78 is 0. The summed E-state index contributed by atoms with van der Waals surface area (Å²) in [6.07, 6.45) is 10.9. The van der Waals surface area contributed by atoms with E-state index in [4.69, 9.17) is 4.84 Å². The summed E-state index contributed by atoms with van der Waals surface area (Å²) in [4.78, 5) is 7.32. The topological polar surface area (TPSA) is 24.8 Å². The van der Waals surface area contributed by atoms with Crippen LogP contribution >= 0.6 is 0 Å². The molecule has 15 heavy (non-hydrogen) atoms. The SMILES string of the molecule is CON=CC1=CCCN(C2CCCC2)C1. The van der Waals surface area contributed by atoms with E-state index in [0.29, 0.717) is 0 Å². The van der Waals surface area contributed by atoms with Crippen molar-refractivity contribution in [2.75, 3.05) is 20.2 Å². The first-order valence-corrected chi connectivity index (χ1v) is 5.90. The third-order valence-corrected chi connectivity index (χ3v) is 3.37. The Hall–Kier alpha value is -0.830. The van der Waals surface area contributed by atoms with Gasteiger partial charge in [-0.3, -0.25) is 4.90 Å². The lowest BCUT2D eigenvalue weighted by Gasteiger charge is -2.31. The van der Waals surface area contributed by atoms with E-state index in [1.54, 1.807) is 7.11 Å². The molecule has 1 heterocycles. The number of oxime groups is 1. The first-order valence-electron chi connectivity index (χ1n) is 5.90. The van der Waals surface area contributed by atoms with Crippen LogP contribution in [0.15, 0.2) is 16.8 Å². The van der Waals surface area contributed by atoms with Crippen LogP contribution in [0.3, 0.4) is 0 Å². The summed E-state index contributed by atoms with van der Waals surface area (Å²) in [5.41, 5.74) is 1.30. The van der Waals surface area contributed by atoms with E-state index in [1.807, 2.05) is 6.21 Å². The van der Waals surface area contributed by atoms with Crippen molar-refractivity contribution >= 4 is 6.21 Å². The molecule has 0 bridgehead atoms. The van der Waals surface area contributed by atoms with Crippen molar-refractivity contribution in [2.24, 2.45) is 5.16 Å². The maximum absolute atomic E-state index is 4.72. The quantitative estimate of drug-likeness (QED) is 0.524. The highest BCUT2D eigenvalue weighted by Crippen LogP contribution is 2.25. The Morgan fingerprint density at radius 1 is 1.47 bits per heavy atom. The van der Waals surface area contributed by atoms with Crippen LogP contribution in [0.1, 0.15) is 32.1 Å². The fourth-order valence-corrected chi connectivity index (χ4v) is 2.59. The van der Waals surface area contributed by atoms with Crippen LogP contribution in [-0.4, -0.2) is 37.4 Å². The van der Waals surface area contributed by atoms with Gasteiger partial charge in [-0.1, -0.05) is 24.1 Å². The van der Waals surface area contributed by atoms with Crippen LogP contribution in [0.4, 0.5) is 0 Å². The fourth-order valence-electron chi connectivity index (χ4n) is 2.59. The van der Waals surface area contributed by atoms with Gasteiger partial charge in [0.15, 0.2) is 0 Å². The minimum Gasteiger partial charge on any atom is -0.399 e. The van der Waals surface area contributed by atoms with Gasteiger partial charge in [-0.05, 0) is 24.8 Å². The number of hydrogen-bond acceptors (Lipinski definition) is 3. The average Bonchev–Trinajstić information content (AvgIpc) is 2.80. The van der Waals surface area contributed by atoms with Crippen molar-refractivity contribution in [1.82, 2.24) is 4.90 Å². The molecule has 2 rings (SSSR count). The fraction of sp³-hybridized carbons (Fsp3) is 0.750. The standard InChI is InChI=1S/C12H20N2O/c1-15-13-9-11-5-4-8-14(10-11)12-6-2-3-7-12/h5,9,12H,2-4,6-8,10H2,1H3. The molecule has 0 atom stereocenters. The molecule has 0 N–H and O–H groups in total. The van der Waals surface area contributed by atoms with Crippen molar-refractivity contribution in [2.45, 2.75) is 38.1 Å². The molecule has 1 fully saturated rings. The van der Waals surface area contributed by atoms with E-state index < -0.39 is 0 Å². The summed E-state index contributed by atoms with van der Waals surface area (Å²) in [6.45, 7) is 2.27. The Morgan fingerprint density at radius 3 is 3.00 bits per heavy atom. The van der Waals surface area contributed by atoms with Gasteiger partial charge in [0.05, 0.1) is 6.21 Å². The Kier molecular flexibility index (Phi) is 3.78. The lowest BCUT2D eigenvalue weighted by molar-refractivity contribution is 0.208. The molecule has 3 heteroatoms. The van der Waals surface area contributed by atoms with Crippen LogP contribution in [0.5, 0.6) is 0 Å². The van der Waals surface area contributed by atoms with Crippen molar-refractivity contribution in [3.63, 3.8) is 0 Å². The van der Waals surface area contributed by atoms with Crippen LogP contribution in [0.2, 0.25) is 0 Å². The maximum atomic E-state index is 4.72. The van der Waals surface area contributed by atoms with E-state index >= 15 is 0 Å². The molecule has 0 unspecified atom stereocenters. The minimum absolute atomic E-state index is 0.824. The molecule has 0 aromatic rings. The highest BCUT2D eigenvalue weighted by atomic mass is 16.6. The highest BCUT2D eigenvalue weighted by molar-refractivity contribution is 5.78. The first kappa shape index (κ1) is 10.7. The van der Waals surface area contributed by atoms with E-state index in [0.717, 1.165) is 19.0 Å². The summed E-state index contributed by atoms with van der Waals surface area (Å²) in [7, 11) is 1.59. The lowest BCUT2D eigenvalue weighted by atomic mass is 10.1. The Labute approximate surface area is 91.8 Å². The van der Waals surface area contributed by atoms with E-state index in [-0.39, 0.29) is 0 Å². The van der Waals surface area contributed by atoms with Crippen molar-refractivity contribution in [1.29, 1.82) is 0 Å². The van der Waals surface area contributed by atoms with Gasteiger partial charge in [-0.2, -0.15) is 0 Å². The molecule has 1 saturated carbocycles. The molecule has 1 aliphatic carbocycles. The molecule has 84 valence electrons. The monoisotopic (exact) mass is 208 g/mol. The average molecular weight is 208 g/mol. The molecule has 0 amide bonds.